The Morgan fingerprint density at radius 1 is 1.00 bits per heavy atom. The summed E-state index contributed by atoms with van der Waals surface area (Å²) < 4.78 is 10.5. The topological polar surface area (TPSA) is 21.3 Å². The molecule has 0 fully saturated rings. The Labute approximate surface area is 142 Å². The molecule has 1 aliphatic heterocycles. The van der Waals surface area contributed by atoms with Gasteiger partial charge in [-0.1, -0.05) is 12.1 Å². The van der Waals surface area contributed by atoms with Crippen LogP contribution in [0.15, 0.2) is 42.3 Å². The van der Waals surface area contributed by atoms with Gasteiger partial charge in [-0.2, -0.15) is 0 Å². The molecule has 24 heavy (non-hydrogen) atoms. The lowest BCUT2D eigenvalue weighted by atomic mass is 10.2. The monoisotopic (exact) mass is 320 g/mol. The molecular formula is C20H22N3O+. The molecule has 0 amide bonds. The van der Waals surface area contributed by atoms with Gasteiger partial charge in [0.2, 0.25) is 5.88 Å². The Hall–Kier alpha value is -2.75. The average molecular weight is 320 g/mol. The van der Waals surface area contributed by atoms with Crippen molar-refractivity contribution in [2.75, 3.05) is 11.9 Å². The van der Waals surface area contributed by atoms with Crippen LogP contribution in [-0.4, -0.2) is 11.6 Å². The highest BCUT2D eigenvalue weighted by Gasteiger charge is 2.26. The summed E-state index contributed by atoms with van der Waals surface area (Å²) >= 11 is 0. The highest BCUT2D eigenvalue weighted by Crippen LogP contribution is 2.38. The molecule has 2 aromatic carbocycles. The third-order valence-corrected chi connectivity index (χ3v) is 4.81. The molecule has 0 bridgehead atoms. The van der Waals surface area contributed by atoms with Crippen molar-refractivity contribution in [3.8, 4) is 5.75 Å². The molecule has 0 saturated carbocycles. The van der Waals surface area contributed by atoms with E-state index in [1.165, 1.54) is 22.2 Å². The molecule has 1 aliphatic rings. The summed E-state index contributed by atoms with van der Waals surface area (Å²) in [6.45, 7) is 4.22. The molecule has 0 spiro atoms. The van der Waals surface area contributed by atoms with Crippen LogP contribution in [0.4, 0.5) is 5.69 Å². The van der Waals surface area contributed by atoms with Crippen LogP contribution in [0.3, 0.4) is 0 Å². The fourth-order valence-electron chi connectivity index (χ4n) is 3.36. The number of ether oxygens (including phenoxy) is 1. The molecule has 0 atom stereocenters. The number of rotatable bonds is 1. The van der Waals surface area contributed by atoms with Gasteiger partial charge in [0, 0.05) is 7.05 Å². The first-order chi connectivity index (χ1) is 11.5. The highest BCUT2D eigenvalue weighted by atomic mass is 16.5. The second-order valence-electron chi connectivity index (χ2n) is 6.58. The lowest BCUT2D eigenvalue weighted by molar-refractivity contribution is -0.647. The van der Waals surface area contributed by atoms with E-state index in [-0.39, 0.29) is 0 Å². The van der Waals surface area contributed by atoms with Crippen LogP contribution in [0.25, 0.3) is 17.1 Å². The van der Waals surface area contributed by atoms with Gasteiger partial charge in [-0.25, -0.2) is 9.13 Å². The maximum Gasteiger partial charge on any atom is 0.287 e. The zero-order valence-corrected chi connectivity index (χ0v) is 14.8. The quantitative estimate of drug-likeness (QED) is 0.641. The van der Waals surface area contributed by atoms with E-state index in [2.05, 4.69) is 78.4 Å². The minimum atomic E-state index is 0.842. The summed E-state index contributed by atoms with van der Waals surface area (Å²) in [5.74, 6) is 2.85. The standard InChI is InChI=1S/C20H22N3O/c1-13-6-8-15-16(10-13)22(4)19(21(15)3)12-20-23(5)17-11-14(2)7-9-18(17)24-20/h6-12H,1-5H3/q+1. The maximum atomic E-state index is 6.07. The molecule has 122 valence electrons. The second-order valence-corrected chi connectivity index (χ2v) is 6.58. The number of aromatic nitrogens is 2. The Morgan fingerprint density at radius 3 is 2.50 bits per heavy atom. The van der Waals surface area contributed by atoms with Crippen molar-refractivity contribution in [2.24, 2.45) is 14.1 Å². The van der Waals surface area contributed by atoms with Crippen LogP contribution in [0.5, 0.6) is 5.75 Å². The number of anilines is 1. The summed E-state index contributed by atoms with van der Waals surface area (Å²) in [4.78, 5) is 2.10. The largest absolute Gasteiger partial charge is 0.438 e. The van der Waals surface area contributed by atoms with Gasteiger partial charge in [-0.15, -0.1) is 0 Å². The summed E-state index contributed by atoms with van der Waals surface area (Å²) in [6.07, 6.45) is 2.10. The molecular weight excluding hydrogens is 298 g/mol. The van der Waals surface area contributed by atoms with Crippen molar-refractivity contribution in [1.82, 2.24) is 4.57 Å². The number of imidazole rings is 1. The number of fused-ring (bicyclic) bond motifs is 2. The van der Waals surface area contributed by atoms with Crippen molar-refractivity contribution in [2.45, 2.75) is 13.8 Å². The van der Waals surface area contributed by atoms with Crippen LogP contribution >= 0.6 is 0 Å². The second kappa shape index (κ2) is 5.13. The molecule has 2 heterocycles. The third kappa shape index (κ3) is 2.10. The Balaban J connectivity index is 1.84. The van der Waals surface area contributed by atoms with E-state index in [0.717, 1.165) is 23.1 Å². The zero-order valence-electron chi connectivity index (χ0n) is 14.8. The predicted molar refractivity (Wildman–Crippen MR) is 97.0 cm³/mol. The van der Waals surface area contributed by atoms with E-state index >= 15 is 0 Å². The minimum Gasteiger partial charge on any atom is -0.438 e. The lowest BCUT2D eigenvalue weighted by Crippen LogP contribution is -2.31. The zero-order chi connectivity index (χ0) is 17.0. The molecule has 0 unspecified atom stereocenters. The molecule has 4 nitrogen and oxygen atoms in total. The van der Waals surface area contributed by atoms with Gasteiger partial charge in [0.1, 0.15) is 0 Å². The first-order valence-electron chi connectivity index (χ1n) is 8.14. The maximum absolute atomic E-state index is 6.07. The van der Waals surface area contributed by atoms with E-state index < -0.39 is 0 Å². The Bertz CT molecular complexity index is 998. The fourth-order valence-corrected chi connectivity index (χ4v) is 3.36. The van der Waals surface area contributed by atoms with Gasteiger partial charge < -0.3 is 9.64 Å². The van der Waals surface area contributed by atoms with Gasteiger partial charge in [0.15, 0.2) is 16.8 Å². The van der Waals surface area contributed by atoms with Crippen molar-refractivity contribution in [3.05, 3.63) is 59.2 Å². The molecule has 1 aromatic heterocycles. The average Bonchev–Trinajstić information content (AvgIpc) is 2.98. The summed E-state index contributed by atoms with van der Waals surface area (Å²) in [6, 6.07) is 12.8. The van der Waals surface area contributed by atoms with Gasteiger partial charge in [-0.3, -0.25) is 0 Å². The number of hydrogen-bond acceptors (Lipinski definition) is 2. The predicted octanol–water partition coefficient (Wildman–Crippen LogP) is 3.45. The summed E-state index contributed by atoms with van der Waals surface area (Å²) in [5.41, 5.74) is 6.04. The molecule has 0 N–H and O–H groups in total. The van der Waals surface area contributed by atoms with E-state index in [0.29, 0.717) is 0 Å². The molecule has 0 aliphatic carbocycles. The lowest BCUT2D eigenvalue weighted by Gasteiger charge is -2.10. The van der Waals surface area contributed by atoms with Crippen LogP contribution in [-0.2, 0) is 14.1 Å². The van der Waals surface area contributed by atoms with Gasteiger partial charge >= 0.3 is 0 Å². The third-order valence-electron chi connectivity index (χ3n) is 4.81. The Kier molecular flexibility index (Phi) is 3.17. The van der Waals surface area contributed by atoms with E-state index in [9.17, 15) is 0 Å². The van der Waals surface area contributed by atoms with E-state index in [1.807, 2.05) is 13.1 Å². The van der Waals surface area contributed by atoms with Gasteiger partial charge in [-0.05, 0) is 49.2 Å². The normalized spacial score (nSPS) is 15.2. The van der Waals surface area contributed by atoms with E-state index in [4.69, 9.17) is 4.74 Å². The van der Waals surface area contributed by atoms with Crippen LogP contribution in [0.1, 0.15) is 17.0 Å². The Morgan fingerprint density at radius 2 is 1.71 bits per heavy atom. The van der Waals surface area contributed by atoms with Crippen molar-refractivity contribution >= 4 is 22.8 Å². The number of hydrogen-bond donors (Lipinski definition) is 0. The minimum absolute atomic E-state index is 0.842. The first kappa shape index (κ1) is 14.8. The van der Waals surface area contributed by atoms with E-state index in [1.54, 1.807) is 0 Å². The van der Waals surface area contributed by atoms with Gasteiger partial charge in [0.05, 0.1) is 25.9 Å². The first-order valence-corrected chi connectivity index (χ1v) is 8.14. The van der Waals surface area contributed by atoms with Crippen LogP contribution in [0.2, 0.25) is 0 Å². The molecule has 4 heteroatoms. The number of nitrogens with zero attached hydrogens (tertiary/aromatic N) is 3. The molecule has 0 radical (unpaired) electrons. The molecule has 0 saturated heterocycles. The number of aryl methyl sites for hydroxylation is 4. The number of benzene rings is 2. The van der Waals surface area contributed by atoms with Crippen LogP contribution in [0, 0.1) is 13.8 Å². The van der Waals surface area contributed by atoms with Crippen molar-refractivity contribution in [1.29, 1.82) is 0 Å². The van der Waals surface area contributed by atoms with Crippen molar-refractivity contribution < 1.29 is 9.30 Å². The fraction of sp³-hybridized carbons (Fsp3) is 0.250. The SMILES string of the molecule is Cc1ccc2c(c1)N(C)C(=Cc1n(C)c3cc(C)ccc3[n+]1C)O2. The highest BCUT2D eigenvalue weighted by molar-refractivity contribution is 5.76. The van der Waals surface area contributed by atoms with Crippen LogP contribution < -0.4 is 14.2 Å². The molecule has 3 aromatic rings. The molecule has 4 rings (SSSR count). The summed E-state index contributed by atoms with van der Waals surface area (Å²) in [5, 5.41) is 0. The smallest absolute Gasteiger partial charge is 0.287 e. The van der Waals surface area contributed by atoms with Crippen molar-refractivity contribution in [3.63, 3.8) is 0 Å². The van der Waals surface area contributed by atoms with Gasteiger partial charge in [0.25, 0.3) is 5.82 Å². The summed E-state index contributed by atoms with van der Waals surface area (Å²) in [7, 11) is 6.24.